The maximum Gasteiger partial charge on any atom is 0.139 e. The number of fused-ring (bicyclic) bond motifs is 1. The standard InChI is InChI=1S/C14H19BrO3/c1-8-4-5-9-12(17-2)7-10(15)14(18-3)13(9)11(16)6-8/h7-8,11,16H,4-6H2,1-3H3. The number of rotatable bonds is 2. The SMILES string of the molecule is COc1cc(Br)c(OC)c2c1CCC(C)CC2O. The summed E-state index contributed by atoms with van der Waals surface area (Å²) in [4.78, 5) is 0. The largest absolute Gasteiger partial charge is 0.496 e. The van der Waals surface area contributed by atoms with E-state index in [1.165, 1.54) is 0 Å². The third kappa shape index (κ3) is 2.36. The Labute approximate surface area is 116 Å². The van der Waals surface area contributed by atoms with Crippen LogP contribution in [0.3, 0.4) is 0 Å². The summed E-state index contributed by atoms with van der Waals surface area (Å²) in [6.07, 6.45) is 2.26. The lowest BCUT2D eigenvalue weighted by atomic mass is 9.98. The van der Waals surface area contributed by atoms with Crippen molar-refractivity contribution in [3.8, 4) is 11.5 Å². The Balaban J connectivity index is 2.63. The number of aliphatic hydroxyl groups excluding tert-OH is 1. The van der Waals surface area contributed by atoms with Gasteiger partial charge in [0, 0.05) is 11.1 Å². The van der Waals surface area contributed by atoms with Gasteiger partial charge in [-0.05, 0) is 47.2 Å². The van der Waals surface area contributed by atoms with Gasteiger partial charge >= 0.3 is 0 Å². The minimum Gasteiger partial charge on any atom is -0.496 e. The van der Waals surface area contributed by atoms with E-state index in [0.717, 1.165) is 46.4 Å². The maximum absolute atomic E-state index is 10.4. The fourth-order valence-corrected chi connectivity index (χ4v) is 3.26. The van der Waals surface area contributed by atoms with Crippen molar-refractivity contribution in [1.29, 1.82) is 0 Å². The first-order chi connectivity index (χ1) is 8.58. The Hall–Kier alpha value is -0.740. The molecule has 18 heavy (non-hydrogen) atoms. The van der Waals surface area contributed by atoms with Crippen molar-refractivity contribution >= 4 is 15.9 Å². The van der Waals surface area contributed by atoms with Gasteiger partial charge in [-0.15, -0.1) is 0 Å². The molecule has 0 bridgehead atoms. The molecular formula is C14H19BrO3. The van der Waals surface area contributed by atoms with E-state index in [0.29, 0.717) is 5.92 Å². The van der Waals surface area contributed by atoms with Crippen molar-refractivity contribution < 1.29 is 14.6 Å². The van der Waals surface area contributed by atoms with Crippen LogP contribution in [0.2, 0.25) is 0 Å². The molecule has 0 aliphatic heterocycles. The summed E-state index contributed by atoms with van der Waals surface area (Å²) in [7, 11) is 3.29. The summed E-state index contributed by atoms with van der Waals surface area (Å²) in [5.41, 5.74) is 1.96. The quantitative estimate of drug-likeness (QED) is 0.849. The predicted molar refractivity (Wildman–Crippen MR) is 74.3 cm³/mol. The van der Waals surface area contributed by atoms with Crippen molar-refractivity contribution in [2.45, 2.75) is 32.3 Å². The molecule has 2 atom stereocenters. The zero-order chi connectivity index (χ0) is 13.3. The number of hydrogen-bond acceptors (Lipinski definition) is 3. The first kappa shape index (κ1) is 13.7. The molecule has 0 saturated heterocycles. The molecule has 3 nitrogen and oxygen atoms in total. The van der Waals surface area contributed by atoms with Gasteiger partial charge in [-0.25, -0.2) is 0 Å². The van der Waals surface area contributed by atoms with E-state index < -0.39 is 6.10 Å². The lowest BCUT2D eigenvalue weighted by Gasteiger charge is -2.20. The second-order valence-electron chi connectivity index (χ2n) is 4.88. The molecule has 0 heterocycles. The molecule has 1 aliphatic carbocycles. The van der Waals surface area contributed by atoms with Crippen LogP contribution in [0.15, 0.2) is 10.5 Å². The molecule has 0 spiro atoms. The van der Waals surface area contributed by atoms with Crippen LogP contribution in [0, 0.1) is 5.92 Å². The highest BCUT2D eigenvalue weighted by atomic mass is 79.9. The zero-order valence-corrected chi connectivity index (χ0v) is 12.6. The second-order valence-corrected chi connectivity index (χ2v) is 5.74. The van der Waals surface area contributed by atoms with E-state index in [-0.39, 0.29) is 0 Å². The third-order valence-corrected chi connectivity index (χ3v) is 4.20. The predicted octanol–water partition coefficient (Wildman–Crippen LogP) is 3.47. The fraction of sp³-hybridized carbons (Fsp3) is 0.571. The maximum atomic E-state index is 10.4. The van der Waals surface area contributed by atoms with Gasteiger partial charge in [-0.2, -0.15) is 0 Å². The van der Waals surface area contributed by atoms with Gasteiger partial charge in [0.15, 0.2) is 0 Å². The average molecular weight is 315 g/mol. The van der Waals surface area contributed by atoms with Crippen LogP contribution in [-0.4, -0.2) is 19.3 Å². The van der Waals surface area contributed by atoms with Gasteiger partial charge in [0.05, 0.1) is 24.8 Å². The van der Waals surface area contributed by atoms with E-state index >= 15 is 0 Å². The summed E-state index contributed by atoms with van der Waals surface area (Å²) in [6.45, 7) is 2.17. The van der Waals surface area contributed by atoms with Crippen LogP contribution >= 0.6 is 15.9 Å². The van der Waals surface area contributed by atoms with Gasteiger partial charge in [0.2, 0.25) is 0 Å². The topological polar surface area (TPSA) is 38.7 Å². The van der Waals surface area contributed by atoms with E-state index in [2.05, 4.69) is 22.9 Å². The number of ether oxygens (including phenoxy) is 2. The summed E-state index contributed by atoms with van der Waals surface area (Å²) in [5, 5.41) is 10.4. The highest BCUT2D eigenvalue weighted by Gasteiger charge is 2.28. The van der Waals surface area contributed by atoms with Gasteiger partial charge in [0.1, 0.15) is 11.5 Å². The smallest absolute Gasteiger partial charge is 0.139 e. The molecule has 4 heteroatoms. The van der Waals surface area contributed by atoms with Crippen LogP contribution < -0.4 is 9.47 Å². The van der Waals surface area contributed by atoms with Gasteiger partial charge in [0.25, 0.3) is 0 Å². The minimum absolute atomic E-state index is 0.487. The average Bonchev–Trinajstić information content (AvgIpc) is 2.48. The fourth-order valence-electron chi connectivity index (χ4n) is 2.67. The van der Waals surface area contributed by atoms with Crippen LogP contribution in [-0.2, 0) is 6.42 Å². The Kier molecular flexibility index (Phi) is 4.17. The molecule has 100 valence electrons. The Morgan fingerprint density at radius 1 is 1.33 bits per heavy atom. The molecule has 0 aromatic heterocycles. The van der Waals surface area contributed by atoms with Gasteiger partial charge < -0.3 is 14.6 Å². The Morgan fingerprint density at radius 3 is 2.67 bits per heavy atom. The summed E-state index contributed by atoms with van der Waals surface area (Å²) in [5.74, 6) is 2.05. The van der Waals surface area contributed by atoms with Crippen LogP contribution in [0.1, 0.15) is 37.0 Å². The highest BCUT2D eigenvalue weighted by Crippen LogP contribution is 2.45. The molecule has 1 aromatic carbocycles. The van der Waals surface area contributed by atoms with E-state index in [1.807, 2.05) is 6.07 Å². The van der Waals surface area contributed by atoms with Crippen molar-refractivity contribution in [2.24, 2.45) is 5.92 Å². The first-order valence-corrected chi connectivity index (χ1v) is 6.99. The van der Waals surface area contributed by atoms with Crippen LogP contribution in [0.25, 0.3) is 0 Å². The summed E-state index contributed by atoms with van der Waals surface area (Å²) >= 11 is 3.48. The second kappa shape index (κ2) is 5.49. The number of halogens is 1. The van der Waals surface area contributed by atoms with Crippen molar-refractivity contribution in [3.63, 3.8) is 0 Å². The summed E-state index contributed by atoms with van der Waals surface area (Å²) < 4.78 is 11.7. The molecule has 1 N–H and O–H groups in total. The van der Waals surface area contributed by atoms with Crippen molar-refractivity contribution in [2.75, 3.05) is 14.2 Å². The summed E-state index contributed by atoms with van der Waals surface area (Å²) in [6, 6.07) is 1.92. The Morgan fingerprint density at radius 2 is 2.06 bits per heavy atom. The van der Waals surface area contributed by atoms with Crippen molar-refractivity contribution in [1.82, 2.24) is 0 Å². The normalized spacial score (nSPS) is 23.2. The highest BCUT2D eigenvalue weighted by molar-refractivity contribution is 9.10. The van der Waals surface area contributed by atoms with Gasteiger partial charge in [-0.3, -0.25) is 0 Å². The van der Waals surface area contributed by atoms with Crippen molar-refractivity contribution in [3.05, 3.63) is 21.7 Å². The number of aliphatic hydroxyl groups is 1. The number of methoxy groups -OCH3 is 2. The lowest BCUT2D eigenvalue weighted by molar-refractivity contribution is 0.146. The zero-order valence-electron chi connectivity index (χ0n) is 11.0. The molecular weight excluding hydrogens is 296 g/mol. The molecule has 0 fully saturated rings. The Bertz CT molecular complexity index is 445. The number of hydrogen-bond donors (Lipinski definition) is 1. The van der Waals surface area contributed by atoms with Crippen LogP contribution in [0.4, 0.5) is 0 Å². The first-order valence-electron chi connectivity index (χ1n) is 6.19. The minimum atomic E-state index is -0.487. The molecule has 0 amide bonds. The van der Waals surface area contributed by atoms with E-state index in [9.17, 15) is 5.11 Å². The molecule has 1 aromatic rings. The molecule has 2 unspecified atom stereocenters. The van der Waals surface area contributed by atoms with E-state index in [1.54, 1.807) is 14.2 Å². The molecule has 2 rings (SSSR count). The molecule has 1 aliphatic rings. The molecule has 0 radical (unpaired) electrons. The van der Waals surface area contributed by atoms with Gasteiger partial charge in [-0.1, -0.05) is 6.92 Å². The third-order valence-electron chi connectivity index (χ3n) is 3.61. The van der Waals surface area contributed by atoms with E-state index in [4.69, 9.17) is 9.47 Å². The lowest BCUT2D eigenvalue weighted by Crippen LogP contribution is -2.06. The molecule has 0 saturated carbocycles. The monoisotopic (exact) mass is 314 g/mol. The number of benzene rings is 1. The van der Waals surface area contributed by atoms with Crippen LogP contribution in [0.5, 0.6) is 11.5 Å².